The Morgan fingerprint density at radius 3 is 1.83 bits per heavy atom. The van der Waals surface area contributed by atoms with Gasteiger partial charge in [-0.25, -0.2) is 4.79 Å². The fourth-order valence-corrected chi connectivity index (χ4v) is 3.52. The zero-order valence-electron chi connectivity index (χ0n) is 20.5. The van der Waals surface area contributed by atoms with Crippen molar-refractivity contribution in [2.75, 3.05) is 13.2 Å². The molecule has 0 radical (unpaired) electrons. The SMILES string of the molecule is CCCCCCCCC=CCCCCCCCCOC(=O)N[C@H](CO)[C@H](C)C(C)C. The lowest BCUT2D eigenvalue weighted by atomic mass is 9.91. The lowest BCUT2D eigenvalue weighted by Crippen LogP contribution is -2.43. The average Bonchev–Trinajstić information content (AvgIpc) is 2.73. The second kappa shape index (κ2) is 21.2. The molecule has 0 spiro atoms. The highest BCUT2D eigenvalue weighted by Crippen LogP contribution is 2.14. The van der Waals surface area contributed by atoms with Crippen LogP contribution >= 0.6 is 0 Å². The van der Waals surface area contributed by atoms with Crippen molar-refractivity contribution in [3.63, 3.8) is 0 Å². The quantitative estimate of drug-likeness (QED) is 0.158. The lowest BCUT2D eigenvalue weighted by Gasteiger charge is -2.25. The van der Waals surface area contributed by atoms with Crippen molar-refractivity contribution in [1.29, 1.82) is 0 Å². The van der Waals surface area contributed by atoms with Gasteiger partial charge < -0.3 is 15.2 Å². The van der Waals surface area contributed by atoms with E-state index in [1.165, 1.54) is 77.0 Å². The van der Waals surface area contributed by atoms with Crippen LogP contribution < -0.4 is 5.32 Å². The Labute approximate surface area is 187 Å². The molecule has 4 heteroatoms. The minimum atomic E-state index is -0.408. The molecule has 0 heterocycles. The van der Waals surface area contributed by atoms with Gasteiger partial charge in [-0.3, -0.25) is 0 Å². The Balaban J connectivity index is 3.43. The summed E-state index contributed by atoms with van der Waals surface area (Å²) in [6.45, 7) is 8.89. The van der Waals surface area contributed by atoms with Gasteiger partial charge in [0.1, 0.15) is 0 Å². The third kappa shape index (κ3) is 17.8. The van der Waals surface area contributed by atoms with Gasteiger partial charge in [0, 0.05) is 0 Å². The number of allylic oxidation sites excluding steroid dienone is 2. The summed E-state index contributed by atoms with van der Waals surface area (Å²) in [6, 6.07) is -0.239. The van der Waals surface area contributed by atoms with E-state index in [0.29, 0.717) is 12.5 Å². The highest BCUT2D eigenvalue weighted by Gasteiger charge is 2.21. The van der Waals surface area contributed by atoms with E-state index in [9.17, 15) is 9.90 Å². The molecule has 2 N–H and O–H groups in total. The monoisotopic (exact) mass is 425 g/mol. The molecular weight excluding hydrogens is 374 g/mol. The second-order valence-corrected chi connectivity index (χ2v) is 9.11. The second-order valence-electron chi connectivity index (χ2n) is 9.11. The number of hydrogen-bond acceptors (Lipinski definition) is 3. The third-order valence-corrected chi connectivity index (χ3v) is 6.08. The van der Waals surface area contributed by atoms with Crippen molar-refractivity contribution in [1.82, 2.24) is 5.32 Å². The fraction of sp³-hybridized carbons (Fsp3) is 0.885. The van der Waals surface area contributed by atoms with Crippen molar-refractivity contribution < 1.29 is 14.6 Å². The van der Waals surface area contributed by atoms with E-state index in [-0.39, 0.29) is 18.6 Å². The standard InChI is InChI=1S/C26H51NO3/c1-5-6-7-8-9-10-11-12-13-14-15-16-17-18-19-20-21-30-26(29)27-25(22-28)24(4)23(2)3/h12-13,23-25,28H,5-11,14-22H2,1-4H3,(H,27,29)/t24-,25-/m1/s1. The molecule has 0 fully saturated rings. The third-order valence-electron chi connectivity index (χ3n) is 6.08. The molecule has 0 saturated carbocycles. The first-order chi connectivity index (χ1) is 14.5. The molecule has 0 rings (SSSR count). The Morgan fingerprint density at radius 2 is 1.33 bits per heavy atom. The smallest absolute Gasteiger partial charge is 0.407 e. The summed E-state index contributed by atoms with van der Waals surface area (Å²) in [7, 11) is 0. The van der Waals surface area contributed by atoms with Gasteiger partial charge in [0.2, 0.25) is 0 Å². The highest BCUT2D eigenvalue weighted by atomic mass is 16.5. The van der Waals surface area contributed by atoms with E-state index in [2.05, 4.69) is 38.2 Å². The summed E-state index contributed by atoms with van der Waals surface area (Å²) < 4.78 is 5.25. The van der Waals surface area contributed by atoms with Crippen LogP contribution in [0.25, 0.3) is 0 Å². The molecule has 0 aliphatic carbocycles. The van der Waals surface area contributed by atoms with Crippen LogP contribution in [0, 0.1) is 11.8 Å². The first-order valence-corrected chi connectivity index (χ1v) is 12.7. The van der Waals surface area contributed by atoms with E-state index in [1.54, 1.807) is 0 Å². The van der Waals surface area contributed by atoms with E-state index >= 15 is 0 Å². The number of carbonyl (C=O) groups is 1. The lowest BCUT2D eigenvalue weighted by molar-refractivity contribution is 0.120. The summed E-state index contributed by atoms with van der Waals surface area (Å²) in [6.07, 6.45) is 22.1. The molecule has 2 atom stereocenters. The molecule has 0 saturated heterocycles. The molecule has 0 aliphatic heterocycles. The number of amides is 1. The zero-order chi connectivity index (χ0) is 22.5. The van der Waals surface area contributed by atoms with Crippen molar-refractivity contribution in [2.45, 2.75) is 124 Å². The van der Waals surface area contributed by atoms with Gasteiger partial charge in [-0.05, 0) is 43.9 Å². The van der Waals surface area contributed by atoms with Crippen LogP contribution in [0.1, 0.15) is 118 Å². The number of carbonyl (C=O) groups excluding carboxylic acids is 1. The van der Waals surface area contributed by atoms with E-state index < -0.39 is 6.09 Å². The number of unbranched alkanes of at least 4 members (excludes halogenated alkanes) is 12. The minimum Gasteiger partial charge on any atom is -0.450 e. The maximum absolute atomic E-state index is 11.8. The summed E-state index contributed by atoms with van der Waals surface area (Å²) in [5.41, 5.74) is 0. The van der Waals surface area contributed by atoms with Crippen LogP contribution in [0.3, 0.4) is 0 Å². The number of aliphatic hydroxyl groups is 1. The summed E-state index contributed by atoms with van der Waals surface area (Å²) in [5, 5.41) is 12.2. The predicted molar refractivity (Wildman–Crippen MR) is 129 cm³/mol. The van der Waals surface area contributed by atoms with Crippen molar-refractivity contribution in [3.05, 3.63) is 12.2 Å². The van der Waals surface area contributed by atoms with Crippen LogP contribution in [-0.4, -0.2) is 30.5 Å². The Bertz CT molecular complexity index is 409. The largest absolute Gasteiger partial charge is 0.450 e. The van der Waals surface area contributed by atoms with Gasteiger partial charge in [-0.2, -0.15) is 0 Å². The minimum absolute atomic E-state index is 0.0529. The Kier molecular flexibility index (Phi) is 20.5. The topological polar surface area (TPSA) is 58.6 Å². The summed E-state index contributed by atoms with van der Waals surface area (Å²) in [4.78, 5) is 11.8. The summed E-state index contributed by atoms with van der Waals surface area (Å²) in [5.74, 6) is 0.617. The molecule has 0 aromatic heterocycles. The van der Waals surface area contributed by atoms with Crippen LogP contribution in [-0.2, 0) is 4.74 Å². The van der Waals surface area contributed by atoms with Crippen molar-refractivity contribution in [3.8, 4) is 0 Å². The maximum atomic E-state index is 11.8. The molecule has 30 heavy (non-hydrogen) atoms. The molecule has 0 unspecified atom stereocenters. The molecule has 0 aliphatic rings. The molecule has 0 aromatic rings. The van der Waals surface area contributed by atoms with E-state index in [4.69, 9.17) is 4.74 Å². The van der Waals surface area contributed by atoms with Gasteiger partial charge in [0.15, 0.2) is 0 Å². The van der Waals surface area contributed by atoms with Gasteiger partial charge >= 0.3 is 6.09 Å². The predicted octanol–water partition coefficient (Wildman–Crippen LogP) is 7.40. The van der Waals surface area contributed by atoms with Crippen molar-refractivity contribution >= 4 is 6.09 Å². The number of nitrogens with one attached hydrogen (secondary N) is 1. The first-order valence-electron chi connectivity index (χ1n) is 12.7. The molecule has 178 valence electrons. The average molecular weight is 426 g/mol. The first kappa shape index (κ1) is 29.0. The van der Waals surface area contributed by atoms with Crippen LogP contribution in [0.2, 0.25) is 0 Å². The fourth-order valence-electron chi connectivity index (χ4n) is 3.52. The Hall–Kier alpha value is -1.03. The molecular formula is C26H51NO3. The number of aliphatic hydroxyl groups excluding tert-OH is 1. The molecule has 4 nitrogen and oxygen atoms in total. The van der Waals surface area contributed by atoms with Gasteiger partial charge in [0.05, 0.1) is 19.3 Å². The molecule has 0 aromatic carbocycles. The van der Waals surface area contributed by atoms with Gasteiger partial charge in [-0.1, -0.05) is 97.6 Å². The number of rotatable bonds is 20. The number of alkyl carbamates (subject to hydrolysis) is 1. The summed E-state index contributed by atoms with van der Waals surface area (Å²) >= 11 is 0. The van der Waals surface area contributed by atoms with Gasteiger partial charge in [-0.15, -0.1) is 0 Å². The number of ether oxygens (including phenoxy) is 1. The Morgan fingerprint density at radius 1 is 0.833 bits per heavy atom. The van der Waals surface area contributed by atoms with E-state index in [0.717, 1.165) is 12.8 Å². The van der Waals surface area contributed by atoms with Crippen molar-refractivity contribution in [2.24, 2.45) is 11.8 Å². The number of hydrogen-bond donors (Lipinski definition) is 2. The highest BCUT2D eigenvalue weighted by molar-refractivity contribution is 5.67. The van der Waals surface area contributed by atoms with Gasteiger partial charge in [0.25, 0.3) is 0 Å². The maximum Gasteiger partial charge on any atom is 0.407 e. The molecule has 1 amide bonds. The van der Waals surface area contributed by atoms with E-state index in [1.807, 2.05) is 6.92 Å². The molecule has 0 bridgehead atoms. The normalized spacial score (nSPS) is 13.7. The van der Waals surface area contributed by atoms with Crippen LogP contribution in [0.4, 0.5) is 4.79 Å². The van der Waals surface area contributed by atoms with Crippen LogP contribution in [0.5, 0.6) is 0 Å². The van der Waals surface area contributed by atoms with Crippen LogP contribution in [0.15, 0.2) is 12.2 Å². The zero-order valence-corrected chi connectivity index (χ0v) is 20.5.